The normalized spacial score (nSPS) is 19.2. The fraction of sp³-hybridized carbons (Fsp3) is 0.467. The lowest BCUT2D eigenvalue weighted by atomic mass is 10.1. The molecule has 1 aliphatic rings. The van der Waals surface area contributed by atoms with Crippen molar-refractivity contribution < 1.29 is 17.9 Å². The summed E-state index contributed by atoms with van der Waals surface area (Å²) in [5.74, 6) is -0.0927. The summed E-state index contributed by atoms with van der Waals surface area (Å²) in [5.41, 5.74) is 1.65. The Labute approximate surface area is 134 Å². The van der Waals surface area contributed by atoms with Crippen molar-refractivity contribution in [3.63, 3.8) is 0 Å². The van der Waals surface area contributed by atoms with Crippen LogP contribution in [0, 0.1) is 0 Å². The Bertz CT molecular complexity index is 815. The number of sulfone groups is 1. The molecule has 2 aromatic heterocycles. The van der Waals surface area contributed by atoms with Gasteiger partial charge in [0.25, 0.3) is 0 Å². The third-order valence-corrected chi connectivity index (χ3v) is 4.84. The van der Waals surface area contributed by atoms with Crippen LogP contribution in [-0.4, -0.2) is 67.0 Å². The Hall–Kier alpha value is -1.93. The molecule has 8 heteroatoms. The number of hydrogen-bond acceptors (Lipinski definition) is 5. The molecule has 1 fully saturated rings. The molecule has 0 aromatic carbocycles. The van der Waals surface area contributed by atoms with Gasteiger partial charge in [0.05, 0.1) is 24.9 Å². The highest BCUT2D eigenvalue weighted by atomic mass is 32.2. The van der Waals surface area contributed by atoms with Crippen LogP contribution < -0.4 is 0 Å². The van der Waals surface area contributed by atoms with Crippen LogP contribution in [0.25, 0.3) is 11.0 Å². The summed E-state index contributed by atoms with van der Waals surface area (Å²) >= 11 is 0. The smallest absolute Gasteiger partial charge is 0.227 e. The molecule has 0 radical (unpaired) electrons. The number of pyridine rings is 1. The minimum absolute atomic E-state index is 0.0310. The third-order valence-electron chi connectivity index (χ3n) is 3.86. The number of nitrogens with zero attached hydrogens (tertiary/aromatic N) is 2. The van der Waals surface area contributed by atoms with Crippen molar-refractivity contribution in [1.29, 1.82) is 0 Å². The van der Waals surface area contributed by atoms with Crippen molar-refractivity contribution in [1.82, 2.24) is 14.9 Å². The molecule has 1 N–H and O–H groups in total. The van der Waals surface area contributed by atoms with E-state index in [1.165, 1.54) is 6.26 Å². The number of carbonyl (C=O) groups excluding carboxylic acids is 1. The average Bonchev–Trinajstić information content (AvgIpc) is 2.89. The number of hydrogen-bond donors (Lipinski definition) is 1. The zero-order valence-electron chi connectivity index (χ0n) is 12.9. The van der Waals surface area contributed by atoms with Crippen LogP contribution in [0.5, 0.6) is 0 Å². The molecule has 124 valence electrons. The van der Waals surface area contributed by atoms with E-state index in [0.29, 0.717) is 19.7 Å². The monoisotopic (exact) mass is 337 g/mol. The Balaban J connectivity index is 1.68. The average molecular weight is 337 g/mol. The fourth-order valence-corrected chi connectivity index (χ4v) is 3.70. The molecule has 0 aliphatic carbocycles. The zero-order valence-corrected chi connectivity index (χ0v) is 13.7. The highest BCUT2D eigenvalue weighted by Crippen LogP contribution is 2.18. The topological polar surface area (TPSA) is 92.4 Å². The van der Waals surface area contributed by atoms with Gasteiger partial charge in [-0.15, -0.1) is 0 Å². The van der Waals surface area contributed by atoms with Crippen molar-refractivity contribution in [2.75, 3.05) is 31.7 Å². The van der Waals surface area contributed by atoms with Crippen LogP contribution in [0.1, 0.15) is 5.56 Å². The number of rotatable bonds is 4. The van der Waals surface area contributed by atoms with Gasteiger partial charge in [0.2, 0.25) is 5.91 Å². The Kier molecular flexibility index (Phi) is 4.36. The molecule has 23 heavy (non-hydrogen) atoms. The summed E-state index contributed by atoms with van der Waals surface area (Å²) in [6.45, 7) is 1.16. The van der Waals surface area contributed by atoms with Crippen molar-refractivity contribution >= 4 is 26.8 Å². The summed E-state index contributed by atoms with van der Waals surface area (Å²) in [6, 6.07) is 3.76. The van der Waals surface area contributed by atoms with Gasteiger partial charge in [-0.05, 0) is 17.7 Å². The first-order chi connectivity index (χ1) is 10.9. The second-order valence-electron chi connectivity index (χ2n) is 5.82. The van der Waals surface area contributed by atoms with E-state index in [2.05, 4.69) is 9.97 Å². The van der Waals surface area contributed by atoms with Crippen molar-refractivity contribution in [3.8, 4) is 0 Å². The first-order valence-electron chi connectivity index (χ1n) is 7.40. The number of aromatic amines is 1. The fourth-order valence-electron chi connectivity index (χ4n) is 2.82. The molecule has 0 spiro atoms. The van der Waals surface area contributed by atoms with Gasteiger partial charge in [-0.25, -0.2) is 13.4 Å². The minimum atomic E-state index is -3.13. The summed E-state index contributed by atoms with van der Waals surface area (Å²) in [6.07, 6.45) is 4.48. The van der Waals surface area contributed by atoms with Crippen LogP contribution in [0.4, 0.5) is 0 Å². The summed E-state index contributed by atoms with van der Waals surface area (Å²) in [7, 11) is -3.13. The van der Waals surface area contributed by atoms with Gasteiger partial charge in [0.15, 0.2) is 0 Å². The molecule has 1 aliphatic heterocycles. The van der Waals surface area contributed by atoms with E-state index in [-0.39, 0.29) is 18.1 Å². The van der Waals surface area contributed by atoms with Crippen LogP contribution in [0.3, 0.4) is 0 Å². The number of morpholine rings is 1. The summed E-state index contributed by atoms with van der Waals surface area (Å²) in [5, 5.41) is 0.932. The van der Waals surface area contributed by atoms with Crippen LogP contribution in [0.2, 0.25) is 0 Å². The number of H-pyrrole nitrogens is 1. The Morgan fingerprint density at radius 1 is 1.52 bits per heavy atom. The Morgan fingerprint density at radius 3 is 3.13 bits per heavy atom. The van der Waals surface area contributed by atoms with Gasteiger partial charge < -0.3 is 14.6 Å². The molecular weight excluding hydrogens is 318 g/mol. The molecule has 1 unspecified atom stereocenters. The molecule has 1 atom stereocenters. The maximum absolute atomic E-state index is 12.5. The molecule has 1 amide bonds. The predicted octanol–water partition coefficient (Wildman–Crippen LogP) is 0.377. The van der Waals surface area contributed by atoms with Gasteiger partial charge in [-0.2, -0.15) is 0 Å². The van der Waals surface area contributed by atoms with Gasteiger partial charge in [-0.3, -0.25) is 4.79 Å². The van der Waals surface area contributed by atoms with E-state index in [0.717, 1.165) is 16.6 Å². The highest BCUT2D eigenvalue weighted by Gasteiger charge is 2.27. The molecule has 0 saturated carbocycles. The predicted molar refractivity (Wildman–Crippen MR) is 85.8 cm³/mol. The van der Waals surface area contributed by atoms with Crippen LogP contribution in [-0.2, 0) is 25.8 Å². The molecule has 7 nitrogen and oxygen atoms in total. The maximum Gasteiger partial charge on any atom is 0.227 e. The first-order valence-corrected chi connectivity index (χ1v) is 9.46. The first kappa shape index (κ1) is 15.9. The van der Waals surface area contributed by atoms with Crippen LogP contribution in [0.15, 0.2) is 24.5 Å². The SMILES string of the molecule is CS(=O)(=O)CC1CN(C(=O)Cc2c[nH]c3ncccc23)CCO1. The van der Waals surface area contributed by atoms with Gasteiger partial charge in [0, 0.05) is 37.1 Å². The Morgan fingerprint density at radius 2 is 2.35 bits per heavy atom. The zero-order chi connectivity index (χ0) is 16.4. The second kappa shape index (κ2) is 6.29. The molecule has 3 heterocycles. The number of ether oxygens (including phenoxy) is 1. The third kappa shape index (κ3) is 3.89. The number of carbonyl (C=O) groups is 1. The highest BCUT2D eigenvalue weighted by molar-refractivity contribution is 7.90. The molecule has 1 saturated heterocycles. The van der Waals surface area contributed by atoms with Gasteiger partial charge in [-0.1, -0.05) is 0 Å². The molecule has 2 aromatic rings. The molecular formula is C15H19N3O4S. The largest absolute Gasteiger partial charge is 0.373 e. The number of aromatic nitrogens is 2. The quantitative estimate of drug-likeness (QED) is 0.870. The standard InChI is InChI=1S/C15H19N3O4S/c1-23(20,21)10-12-9-18(5-6-22-12)14(19)7-11-8-17-15-13(11)3-2-4-16-15/h2-4,8,12H,5-7,9-10H2,1H3,(H,16,17). The van der Waals surface area contributed by atoms with Crippen molar-refractivity contribution in [2.45, 2.75) is 12.5 Å². The second-order valence-corrected chi connectivity index (χ2v) is 8.00. The van der Waals surface area contributed by atoms with E-state index < -0.39 is 15.9 Å². The number of amides is 1. The lowest BCUT2D eigenvalue weighted by molar-refractivity contribution is -0.137. The van der Waals surface area contributed by atoms with Crippen molar-refractivity contribution in [3.05, 3.63) is 30.1 Å². The number of fused-ring (bicyclic) bond motifs is 1. The minimum Gasteiger partial charge on any atom is -0.373 e. The molecule has 0 bridgehead atoms. The van der Waals surface area contributed by atoms with E-state index >= 15 is 0 Å². The lowest BCUT2D eigenvalue weighted by Gasteiger charge is -2.32. The maximum atomic E-state index is 12.5. The lowest BCUT2D eigenvalue weighted by Crippen LogP contribution is -2.48. The van der Waals surface area contributed by atoms with Crippen molar-refractivity contribution in [2.24, 2.45) is 0 Å². The van der Waals surface area contributed by atoms with E-state index in [1.54, 1.807) is 17.3 Å². The van der Waals surface area contributed by atoms with E-state index in [9.17, 15) is 13.2 Å². The number of nitrogens with one attached hydrogen (secondary N) is 1. The van der Waals surface area contributed by atoms with Gasteiger partial charge in [0.1, 0.15) is 15.5 Å². The molecule has 3 rings (SSSR count). The van der Waals surface area contributed by atoms with Gasteiger partial charge >= 0.3 is 0 Å². The summed E-state index contributed by atoms with van der Waals surface area (Å²) in [4.78, 5) is 21.4. The summed E-state index contributed by atoms with van der Waals surface area (Å²) < 4.78 is 28.2. The van der Waals surface area contributed by atoms with Crippen LogP contribution >= 0.6 is 0 Å². The van der Waals surface area contributed by atoms with E-state index in [4.69, 9.17) is 4.74 Å². The van der Waals surface area contributed by atoms with E-state index in [1.807, 2.05) is 12.1 Å².